The van der Waals surface area contributed by atoms with Crippen molar-refractivity contribution in [1.29, 1.82) is 0 Å². The van der Waals surface area contributed by atoms with Crippen LogP contribution in [0, 0.1) is 0 Å². The maximum atomic E-state index is 4.25. The highest BCUT2D eigenvalue weighted by Crippen LogP contribution is 2.44. The molecule has 88 valence electrons. The van der Waals surface area contributed by atoms with Crippen molar-refractivity contribution in [3.05, 3.63) is 5.01 Å². The van der Waals surface area contributed by atoms with E-state index in [1.54, 1.807) is 11.3 Å². The predicted molar refractivity (Wildman–Crippen MR) is 70.5 cm³/mol. The zero-order valence-electron chi connectivity index (χ0n) is 9.53. The normalized spacial score (nSPS) is 22.8. The van der Waals surface area contributed by atoms with Crippen molar-refractivity contribution in [1.82, 2.24) is 10.2 Å². The van der Waals surface area contributed by atoms with Gasteiger partial charge >= 0.3 is 0 Å². The molecule has 0 atom stereocenters. The van der Waals surface area contributed by atoms with E-state index in [2.05, 4.69) is 21.8 Å². The number of nitrogens with zero attached hydrogens (tertiary/aromatic N) is 2. The van der Waals surface area contributed by atoms with Crippen molar-refractivity contribution in [2.45, 2.75) is 42.8 Å². The third-order valence-electron chi connectivity index (χ3n) is 3.63. The molecule has 2 fully saturated rings. The van der Waals surface area contributed by atoms with Crippen LogP contribution in [0.25, 0.3) is 0 Å². The van der Waals surface area contributed by atoms with Crippen LogP contribution in [0.5, 0.6) is 0 Å². The van der Waals surface area contributed by atoms with Crippen LogP contribution in [0.1, 0.15) is 43.0 Å². The van der Waals surface area contributed by atoms with Gasteiger partial charge in [0.15, 0.2) is 0 Å². The molecule has 1 aromatic heterocycles. The van der Waals surface area contributed by atoms with Crippen molar-refractivity contribution in [3.8, 4) is 0 Å². The Morgan fingerprint density at radius 1 is 1.44 bits per heavy atom. The lowest BCUT2D eigenvalue weighted by Crippen LogP contribution is -2.40. The smallest absolute Gasteiger partial charge is 0.205 e. The Labute approximate surface area is 104 Å². The first-order valence-electron chi connectivity index (χ1n) is 5.94. The molecule has 1 N–H and O–H groups in total. The monoisotopic (exact) mass is 255 g/mol. The fourth-order valence-electron chi connectivity index (χ4n) is 2.06. The molecule has 0 saturated heterocycles. The van der Waals surface area contributed by atoms with Crippen LogP contribution >= 0.6 is 23.1 Å². The molecule has 0 spiro atoms. The van der Waals surface area contributed by atoms with Crippen LogP contribution in [0.4, 0.5) is 5.13 Å². The Kier molecular flexibility index (Phi) is 2.83. The lowest BCUT2D eigenvalue weighted by Gasteiger charge is -2.40. The van der Waals surface area contributed by atoms with Crippen molar-refractivity contribution in [2.24, 2.45) is 0 Å². The van der Waals surface area contributed by atoms with E-state index in [1.807, 2.05) is 11.8 Å². The Hall–Kier alpha value is -0.290. The summed E-state index contributed by atoms with van der Waals surface area (Å²) in [6, 6.07) is 0. The molecular weight excluding hydrogens is 238 g/mol. The second-order valence-electron chi connectivity index (χ2n) is 4.81. The molecule has 0 bridgehead atoms. The van der Waals surface area contributed by atoms with Crippen LogP contribution < -0.4 is 5.32 Å². The van der Waals surface area contributed by atoms with Gasteiger partial charge in [-0.05, 0) is 31.9 Å². The predicted octanol–water partition coefficient (Wildman–Crippen LogP) is 3.11. The van der Waals surface area contributed by atoms with Crippen LogP contribution in [-0.2, 0) is 0 Å². The number of hydrogen-bond donors (Lipinski definition) is 1. The Balaban J connectivity index is 1.56. The minimum absolute atomic E-state index is 0.478. The van der Waals surface area contributed by atoms with Gasteiger partial charge in [0.05, 0.1) is 0 Å². The summed E-state index contributed by atoms with van der Waals surface area (Å²) < 4.78 is 0.478. The van der Waals surface area contributed by atoms with Crippen LogP contribution in [0.15, 0.2) is 0 Å². The van der Waals surface area contributed by atoms with Gasteiger partial charge in [-0.15, -0.1) is 10.2 Å². The number of nitrogens with one attached hydrogen (secondary N) is 1. The molecule has 3 rings (SSSR count). The van der Waals surface area contributed by atoms with Gasteiger partial charge in [-0.2, -0.15) is 11.8 Å². The molecule has 0 amide bonds. The summed E-state index contributed by atoms with van der Waals surface area (Å²) in [5.41, 5.74) is 0. The van der Waals surface area contributed by atoms with Crippen LogP contribution in [0.2, 0.25) is 0 Å². The molecule has 1 aromatic rings. The van der Waals surface area contributed by atoms with Crippen molar-refractivity contribution in [2.75, 3.05) is 18.1 Å². The summed E-state index contributed by atoms with van der Waals surface area (Å²) in [5.74, 6) is 0.728. The van der Waals surface area contributed by atoms with E-state index >= 15 is 0 Å². The SMILES string of the molecule is CSC1(CNc2nnc(C3CC3)s2)CCC1. The fraction of sp³-hybridized carbons (Fsp3) is 0.818. The van der Waals surface area contributed by atoms with E-state index in [-0.39, 0.29) is 0 Å². The molecule has 0 unspecified atom stereocenters. The first kappa shape index (κ1) is 10.8. The average Bonchev–Trinajstić information content (AvgIpc) is 2.98. The van der Waals surface area contributed by atoms with Crippen molar-refractivity contribution >= 4 is 28.2 Å². The number of anilines is 1. The summed E-state index contributed by atoms with van der Waals surface area (Å²) in [7, 11) is 0. The second kappa shape index (κ2) is 4.18. The van der Waals surface area contributed by atoms with Crippen LogP contribution in [-0.4, -0.2) is 27.7 Å². The van der Waals surface area contributed by atoms with Gasteiger partial charge in [0, 0.05) is 17.2 Å². The summed E-state index contributed by atoms with van der Waals surface area (Å²) in [6.07, 6.45) is 8.90. The van der Waals surface area contributed by atoms with E-state index in [1.165, 1.54) is 37.1 Å². The standard InChI is InChI=1S/C11H17N3S2/c1-15-11(5-2-6-11)7-12-10-14-13-9(16-10)8-3-4-8/h8H,2-7H2,1H3,(H,12,14). The lowest BCUT2D eigenvalue weighted by molar-refractivity contribution is 0.380. The summed E-state index contributed by atoms with van der Waals surface area (Å²) in [6.45, 7) is 1.05. The number of rotatable bonds is 5. The maximum absolute atomic E-state index is 4.25. The topological polar surface area (TPSA) is 37.8 Å². The van der Waals surface area contributed by atoms with Gasteiger partial charge in [-0.25, -0.2) is 0 Å². The highest BCUT2D eigenvalue weighted by Gasteiger charge is 2.36. The van der Waals surface area contributed by atoms with E-state index in [0.29, 0.717) is 4.75 Å². The molecule has 0 radical (unpaired) electrons. The summed E-state index contributed by atoms with van der Waals surface area (Å²) in [5, 5.41) is 14.2. The average molecular weight is 255 g/mol. The molecule has 2 aliphatic rings. The molecule has 0 aromatic carbocycles. The van der Waals surface area contributed by atoms with E-state index in [0.717, 1.165) is 17.6 Å². The third-order valence-corrected chi connectivity index (χ3v) is 6.09. The molecule has 5 heteroatoms. The largest absolute Gasteiger partial charge is 0.359 e. The number of thioether (sulfide) groups is 1. The second-order valence-corrected chi connectivity index (χ2v) is 7.10. The van der Waals surface area contributed by atoms with Gasteiger partial charge in [0.25, 0.3) is 0 Å². The van der Waals surface area contributed by atoms with Crippen molar-refractivity contribution < 1.29 is 0 Å². The van der Waals surface area contributed by atoms with Gasteiger partial charge in [0.2, 0.25) is 5.13 Å². The number of aromatic nitrogens is 2. The first-order valence-corrected chi connectivity index (χ1v) is 7.98. The Morgan fingerprint density at radius 2 is 2.25 bits per heavy atom. The van der Waals surface area contributed by atoms with Crippen molar-refractivity contribution in [3.63, 3.8) is 0 Å². The molecule has 1 heterocycles. The van der Waals surface area contributed by atoms with Gasteiger partial charge in [-0.1, -0.05) is 17.8 Å². The molecule has 2 saturated carbocycles. The minimum atomic E-state index is 0.478. The first-order chi connectivity index (χ1) is 7.81. The lowest BCUT2D eigenvalue weighted by atomic mass is 9.84. The Morgan fingerprint density at radius 3 is 2.81 bits per heavy atom. The van der Waals surface area contributed by atoms with E-state index in [9.17, 15) is 0 Å². The molecule has 16 heavy (non-hydrogen) atoms. The molecular formula is C11H17N3S2. The molecule has 3 nitrogen and oxygen atoms in total. The van der Waals surface area contributed by atoms with Gasteiger partial charge < -0.3 is 5.32 Å². The Bertz CT molecular complexity index is 364. The third kappa shape index (κ3) is 2.07. The summed E-state index contributed by atoms with van der Waals surface area (Å²) in [4.78, 5) is 0. The molecule has 0 aliphatic heterocycles. The van der Waals surface area contributed by atoms with E-state index < -0.39 is 0 Å². The van der Waals surface area contributed by atoms with Crippen LogP contribution in [0.3, 0.4) is 0 Å². The summed E-state index contributed by atoms with van der Waals surface area (Å²) >= 11 is 3.74. The fourth-order valence-corrected chi connectivity index (χ4v) is 3.88. The van der Waals surface area contributed by atoms with Gasteiger partial charge in [-0.3, -0.25) is 0 Å². The zero-order valence-corrected chi connectivity index (χ0v) is 11.2. The molecule has 2 aliphatic carbocycles. The minimum Gasteiger partial charge on any atom is -0.359 e. The zero-order chi connectivity index (χ0) is 11.0. The highest BCUT2D eigenvalue weighted by molar-refractivity contribution is 8.00. The van der Waals surface area contributed by atoms with Gasteiger partial charge in [0.1, 0.15) is 5.01 Å². The highest BCUT2D eigenvalue weighted by atomic mass is 32.2. The van der Waals surface area contributed by atoms with E-state index in [4.69, 9.17) is 0 Å². The number of hydrogen-bond acceptors (Lipinski definition) is 5. The quantitative estimate of drug-likeness (QED) is 0.877. The maximum Gasteiger partial charge on any atom is 0.205 e.